The molecule has 1 amide bonds. The van der Waals surface area contributed by atoms with Crippen LogP contribution in [0.4, 0.5) is 4.39 Å². The second kappa shape index (κ2) is 6.98. The monoisotopic (exact) mass is 367 g/mol. The van der Waals surface area contributed by atoms with Crippen molar-refractivity contribution in [3.63, 3.8) is 0 Å². The summed E-state index contributed by atoms with van der Waals surface area (Å²) in [7, 11) is -3.38. The van der Waals surface area contributed by atoms with Crippen molar-refractivity contribution in [3.8, 4) is 0 Å². The Morgan fingerprint density at radius 2 is 2.16 bits per heavy atom. The quantitative estimate of drug-likeness (QED) is 0.722. The van der Waals surface area contributed by atoms with Crippen molar-refractivity contribution in [1.29, 1.82) is 0 Å². The molecule has 2 heterocycles. The number of rotatable bonds is 6. The van der Waals surface area contributed by atoms with Crippen LogP contribution in [0.1, 0.15) is 29.7 Å². The SMILES string of the molecule is C[S+](=O)([O-])NCc1nnc2n1C(C(=O)NCc1ccccc1F)CC2. The number of sulfonamides is 1. The zero-order valence-electron chi connectivity index (χ0n) is 13.6. The topological polar surface area (TPSA) is 112 Å². The highest BCUT2D eigenvalue weighted by atomic mass is 32.3. The molecule has 0 saturated heterocycles. The summed E-state index contributed by atoms with van der Waals surface area (Å²) in [5.41, 5.74) is 0.400. The molecule has 10 heteroatoms. The maximum Gasteiger partial charge on any atom is 0.243 e. The average molecular weight is 367 g/mol. The lowest BCUT2D eigenvalue weighted by atomic mass is 10.1. The normalized spacial score (nSPS) is 18.6. The second-order valence-corrected chi connectivity index (χ2v) is 7.69. The number of benzene rings is 1. The van der Waals surface area contributed by atoms with Crippen LogP contribution in [0.3, 0.4) is 0 Å². The molecule has 1 aromatic carbocycles. The van der Waals surface area contributed by atoms with Crippen molar-refractivity contribution < 1.29 is 17.9 Å². The Kier molecular flexibility index (Phi) is 4.93. The molecule has 0 fully saturated rings. The number of nitrogens with zero attached hydrogens (tertiary/aromatic N) is 3. The Labute approximate surface area is 145 Å². The molecule has 0 spiro atoms. The molecule has 1 aliphatic rings. The third-order valence-electron chi connectivity index (χ3n) is 4.00. The molecule has 0 aliphatic carbocycles. The molecular formula is C15H18FN5O3S. The summed E-state index contributed by atoms with van der Waals surface area (Å²) < 4.78 is 40.1. The average Bonchev–Trinajstić information content (AvgIpc) is 3.13. The Balaban J connectivity index is 1.69. The van der Waals surface area contributed by atoms with E-state index in [1.165, 1.54) is 6.07 Å². The largest absolute Gasteiger partial charge is 0.598 e. The van der Waals surface area contributed by atoms with Crippen molar-refractivity contribution in [1.82, 2.24) is 24.8 Å². The van der Waals surface area contributed by atoms with Crippen LogP contribution in [-0.2, 0) is 38.9 Å². The number of nitrogens with one attached hydrogen (secondary N) is 2. The molecule has 0 radical (unpaired) electrons. The standard InChI is InChI=1S/C15H18FN5O3S/c1-25(23,24)18-9-14-20-19-13-7-6-12(21(13)14)15(22)17-8-10-4-2-3-5-11(10)16/h2-5,12H,6-9H2,1H3,(H2-,17,18,22,23,24). The summed E-state index contributed by atoms with van der Waals surface area (Å²) in [6.45, 7) is 0.0410. The van der Waals surface area contributed by atoms with Gasteiger partial charge < -0.3 is 14.4 Å². The molecule has 8 nitrogen and oxygen atoms in total. The van der Waals surface area contributed by atoms with Crippen LogP contribution in [-0.4, -0.2) is 31.5 Å². The lowest BCUT2D eigenvalue weighted by molar-refractivity contribution is -0.124. The molecule has 1 aliphatic heterocycles. The fourth-order valence-corrected chi connectivity index (χ4v) is 3.18. The van der Waals surface area contributed by atoms with E-state index in [9.17, 15) is 17.9 Å². The van der Waals surface area contributed by atoms with Gasteiger partial charge in [0.25, 0.3) is 0 Å². The van der Waals surface area contributed by atoms with Crippen molar-refractivity contribution in [3.05, 3.63) is 47.3 Å². The number of aryl methyl sites for hydroxylation is 1. The van der Waals surface area contributed by atoms with Gasteiger partial charge in [0.2, 0.25) is 5.91 Å². The molecule has 25 heavy (non-hydrogen) atoms. The summed E-state index contributed by atoms with van der Waals surface area (Å²) >= 11 is 0. The van der Waals surface area contributed by atoms with Crippen LogP contribution in [0, 0.1) is 5.82 Å². The van der Waals surface area contributed by atoms with Crippen LogP contribution in [0.15, 0.2) is 24.3 Å². The smallest absolute Gasteiger partial charge is 0.243 e. The van der Waals surface area contributed by atoms with E-state index in [1.807, 2.05) is 0 Å². The van der Waals surface area contributed by atoms with Gasteiger partial charge in [-0.3, -0.25) is 4.79 Å². The molecule has 1 aromatic heterocycles. The highest BCUT2D eigenvalue weighted by Crippen LogP contribution is 2.26. The van der Waals surface area contributed by atoms with E-state index < -0.39 is 16.4 Å². The van der Waals surface area contributed by atoms with Gasteiger partial charge in [-0.05, 0) is 12.5 Å². The van der Waals surface area contributed by atoms with Crippen LogP contribution in [0.2, 0.25) is 0 Å². The minimum Gasteiger partial charge on any atom is -0.598 e. The van der Waals surface area contributed by atoms with Crippen molar-refractivity contribution in [2.45, 2.75) is 32.0 Å². The highest BCUT2D eigenvalue weighted by molar-refractivity contribution is 7.95. The fraction of sp³-hybridized carbons (Fsp3) is 0.400. The molecule has 2 unspecified atom stereocenters. The van der Waals surface area contributed by atoms with E-state index in [4.69, 9.17) is 0 Å². The van der Waals surface area contributed by atoms with E-state index in [1.54, 1.807) is 22.8 Å². The molecule has 2 atom stereocenters. The maximum absolute atomic E-state index is 13.6. The van der Waals surface area contributed by atoms with Crippen molar-refractivity contribution >= 4 is 16.3 Å². The molecule has 2 N–H and O–H groups in total. The number of carbonyl (C=O) groups is 1. The van der Waals surface area contributed by atoms with Crippen molar-refractivity contribution in [2.75, 3.05) is 6.26 Å². The highest BCUT2D eigenvalue weighted by Gasteiger charge is 2.32. The Morgan fingerprint density at radius 1 is 1.40 bits per heavy atom. The molecule has 3 rings (SSSR count). The summed E-state index contributed by atoms with van der Waals surface area (Å²) in [6.07, 6.45) is 2.16. The number of amides is 1. The molecule has 2 aromatic rings. The van der Waals surface area contributed by atoms with Crippen LogP contribution in [0.5, 0.6) is 0 Å². The van der Waals surface area contributed by atoms with Gasteiger partial charge in [0.05, 0.1) is 0 Å². The molecular weight excluding hydrogens is 349 g/mol. The zero-order valence-corrected chi connectivity index (χ0v) is 14.4. The number of hydrogen-bond donors (Lipinski definition) is 2. The van der Waals surface area contributed by atoms with E-state index in [-0.39, 0.29) is 24.8 Å². The minimum atomic E-state index is -3.38. The first-order chi connectivity index (χ1) is 11.8. The predicted molar refractivity (Wildman–Crippen MR) is 87.2 cm³/mol. The van der Waals surface area contributed by atoms with Gasteiger partial charge in [-0.2, -0.15) is 0 Å². The van der Waals surface area contributed by atoms with Gasteiger partial charge in [-0.1, -0.05) is 22.4 Å². The van der Waals surface area contributed by atoms with E-state index in [2.05, 4.69) is 20.2 Å². The fourth-order valence-electron chi connectivity index (χ4n) is 2.79. The molecule has 134 valence electrons. The molecule has 0 bridgehead atoms. The summed E-state index contributed by atoms with van der Waals surface area (Å²) in [5, 5.41) is 10.7. The van der Waals surface area contributed by atoms with Gasteiger partial charge in [0.15, 0.2) is 5.82 Å². The van der Waals surface area contributed by atoms with Crippen LogP contribution >= 0.6 is 0 Å². The number of carbonyl (C=O) groups excluding carboxylic acids is 1. The van der Waals surface area contributed by atoms with Gasteiger partial charge in [-0.15, -0.1) is 14.9 Å². The maximum atomic E-state index is 13.6. The van der Waals surface area contributed by atoms with Crippen LogP contribution < -0.4 is 10.0 Å². The van der Waals surface area contributed by atoms with Crippen molar-refractivity contribution in [2.24, 2.45) is 0 Å². The van der Waals surface area contributed by atoms with E-state index in [0.717, 1.165) is 6.26 Å². The number of halogens is 1. The van der Waals surface area contributed by atoms with Gasteiger partial charge >= 0.3 is 0 Å². The van der Waals surface area contributed by atoms with Gasteiger partial charge in [0.1, 0.15) is 40.9 Å². The second-order valence-electron chi connectivity index (χ2n) is 5.86. The molecule has 0 saturated carbocycles. The van der Waals surface area contributed by atoms with E-state index >= 15 is 0 Å². The lowest BCUT2D eigenvalue weighted by Crippen LogP contribution is -2.33. The number of aromatic nitrogens is 3. The van der Waals surface area contributed by atoms with Crippen LogP contribution in [0.25, 0.3) is 0 Å². The third kappa shape index (κ3) is 4.09. The zero-order chi connectivity index (χ0) is 18.0. The Morgan fingerprint density at radius 3 is 2.88 bits per heavy atom. The first-order valence-corrected chi connectivity index (χ1v) is 9.62. The Hall–Kier alpha value is -2.17. The Bertz CT molecular complexity index is 834. The summed E-state index contributed by atoms with van der Waals surface area (Å²) in [6, 6.07) is 5.70. The minimum absolute atomic E-state index is 0.0388. The summed E-state index contributed by atoms with van der Waals surface area (Å²) in [4.78, 5) is 12.5. The lowest BCUT2D eigenvalue weighted by Gasteiger charge is -2.16. The third-order valence-corrected chi connectivity index (χ3v) is 4.66. The number of hydrogen-bond acceptors (Lipinski definition) is 5. The number of fused-ring (bicyclic) bond motifs is 1. The predicted octanol–water partition coefficient (Wildman–Crippen LogP) is 0.485. The summed E-state index contributed by atoms with van der Waals surface area (Å²) in [5.74, 6) is 0.361. The van der Waals surface area contributed by atoms with E-state index in [0.29, 0.717) is 30.1 Å². The first kappa shape index (κ1) is 17.6. The first-order valence-electron chi connectivity index (χ1n) is 7.73. The van der Waals surface area contributed by atoms with Gasteiger partial charge in [0, 0.05) is 18.5 Å². The van der Waals surface area contributed by atoms with Gasteiger partial charge in [-0.25, -0.2) is 4.39 Å².